The first-order valence-electron chi connectivity index (χ1n) is 12.4. The number of benzene rings is 1. The molecule has 0 aliphatic heterocycles. The van der Waals surface area contributed by atoms with Crippen molar-refractivity contribution in [1.29, 1.82) is 5.26 Å². The lowest BCUT2D eigenvalue weighted by molar-refractivity contribution is -0.150. The van der Waals surface area contributed by atoms with Crippen molar-refractivity contribution in [3.8, 4) is 6.07 Å². The minimum atomic E-state index is -5.07. The van der Waals surface area contributed by atoms with Gasteiger partial charge in [-0.25, -0.2) is 4.39 Å². The Morgan fingerprint density at radius 3 is 2.21 bits per heavy atom. The van der Waals surface area contributed by atoms with Gasteiger partial charge in [0.2, 0.25) is 0 Å². The van der Waals surface area contributed by atoms with E-state index in [0.717, 1.165) is 35.6 Å². The fraction of sp³-hybridized carbons (Fsp3) is 0.333. The lowest BCUT2D eigenvalue weighted by Gasteiger charge is -2.32. The zero-order valence-electron chi connectivity index (χ0n) is 21.5. The quantitative estimate of drug-likeness (QED) is 0.241. The molecule has 0 spiro atoms. The van der Waals surface area contributed by atoms with Crippen LogP contribution in [0.1, 0.15) is 63.7 Å². The van der Waals surface area contributed by atoms with Gasteiger partial charge in [0.1, 0.15) is 5.82 Å². The molecule has 1 fully saturated rings. The number of Topliss-reactive ketones (excluding diaryl/α,β-unsaturated/α-hetero) is 1. The van der Waals surface area contributed by atoms with Crippen molar-refractivity contribution >= 4 is 40.9 Å². The number of aliphatic carboxylic acids is 1. The van der Waals surface area contributed by atoms with E-state index in [1.54, 1.807) is 6.07 Å². The smallest absolute Gasteiger partial charge is 0.433 e. The number of ketones is 1. The highest BCUT2D eigenvalue weighted by atomic mass is 35.5. The molecule has 220 valence electrons. The molecule has 2 aromatic heterocycles. The molecule has 1 amide bonds. The summed E-state index contributed by atoms with van der Waals surface area (Å²) in [6.45, 7) is -1.12. The Labute approximate surface area is 246 Å². The number of pyridine rings is 1. The molecule has 3 aromatic rings. The van der Waals surface area contributed by atoms with Gasteiger partial charge >= 0.3 is 12.1 Å². The summed E-state index contributed by atoms with van der Waals surface area (Å²) < 4.78 is 57.5. The summed E-state index contributed by atoms with van der Waals surface area (Å²) in [4.78, 5) is 43.1. The Morgan fingerprint density at radius 2 is 1.69 bits per heavy atom. The van der Waals surface area contributed by atoms with Crippen molar-refractivity contribution in [2.24, 2.45) is 5.41 Å². The molecule has 9 nitrogen and oxygen atoms in total. The first kappa shape index (κ1) is 30.9. The fourth-order valence-corrected chi connectivity index (χ4v) is 5.48. The fourth-order valence-electron chi connectivity index (χ4n) is 4.90. The predicted octanol–water partition coefficient (Wildman–Crippen LogP) is 5.98. The normalized spacial score (nSPS) is 18.7. The molecular formula is C27H21Cl2F4N5O4. The maximum Gasteiger partial charge on any atom is 0.433 e. The summed E-state index contributed by atoms with van der Waals surface area (Å²) in [5.74, 6) is -3.91. The van der Waals surface area contributed by atoms with E-state index in [1.165, 1.54) is 12.1 Å². The number of carboxylic acid groups (broad SMARTS) is 1. The molecule has 1 aliphatic rings. The second-order valence-electron chi connectivity index (χ2n) is 9.77. The standard InChI is InChI=1S/C27H21Cl2F4N5O4/c28-19-10-35-11-20(29)22(19)21(39)13-37(12-15-1-3-16(30)4-2-15)24(40)18-9-36-38(23(18)27(31,32)33)17-5-7-26(14-34,8-6-17)25(41)42/h1-4,9-11,17H,5-8,12-13H2,(H,41,42). The van der Waals surface area contributed by atoms with Gasteiger partial charge in [-0.05, 0) is 43.4 Å². The van der Waals surface area contributed by atoms with E-state index in [4.69, 9.17) is 23.2 Å². The molecule has 0 unspecified atom stereocenters. The third-order valence-electron chi connectivity index (χ3n) is 7.11. The van der Waals surface area contributed by atoms with Crippen LogP contribution in [0.25, 0.3) is 0 Å². The summed E-state index contributed by atoms with van der Waals surface area (Å²) in [5, 5.41) is 22.4. The van der Waals surface area contributed by atoms with Gasteiger partial charge in [0.25, 0.3) is 5.91 Å². The van der Waals surface area contributed by atoms with Crippen molar-refractivity contribution in [2.75, 3.05) is 6.54 Å². The van der Waals surface area contributed by atoms with Gasteiger partial charge in [-0.3, -0.25) is 24.0 Å². The molecule has 0 atom stereocenters. The SMILES string of the molecule is N#CC1(C(=O)O)CCC(n2ncc(C(=O)N(CC(=O)c3c(Cl)cncc3Cl)Cc3ccc(F)cc3)c2C(F)(F)F)CC1. The molecule has 0 radical (unpaired) electrons. The Kier molecular flexibility index (Phi) is 8.89. The van der Waals surface area contributed by atoms with Crippen LogP contribution in [0.4, 0.5) is 17.6 Å². The molecule has 1 N–H and O–H groups in total. The molecule has 42 heavy (non-hydrogen) atoms. The van der Waals surface area contributed by atoms with E-state index in [-0.39, 0.29) is 47.8 Å². The largest absolute Gasteiger partial charge is 0.480 e. The zero-order chi connectivity index (χ0) is 30.8. The van der Waals surface area contributed by atoms with Crippen molar-refractivity contribution < 1.29 is 37.1 Å². The Hall–Kier alpha value is -4.02. The van der Waals surface area contributed by atoms with E-state index < -0.39 is 58.9 Å². The van der Waals surface area contributed by atoms with Crippen molar-refractivity contribution in [3.63, 3.8) is 0 Å². The van der Waals surface area contributed by atoms with E-state index in [9.17, 15) is 42.3 Å². The number of nitrogens with zero attached hydrogens (tertiary/aromatic N) is 5. The summed E-state index contributed by atoms with van der Waals surface area (Å²) in [7, 11) is 0. The predicted molar refractivity (Wildman–Crippen MR) is 140 cm³/mol. The number of carbonyl (C=O) groups excluding carboxylic acids is 2. The average molecular weight is 626 g/mol. The van der Waals surface area contributed by atoms with E-state index in [1.807, 2.05) is 0 Å². The average Bonchev–Trinajstić information content (AvgIpc) is 3.39. The number of alkyl halides is 3. The minimum absolute atomic E-state index is 0.102. The summed E-state index contributed by atoms with van der Waals surface area (Å²) >= 11 is 12.1. The number of hydrogen-bond acceptors (Lipinski definition) is 6. The Balaban J connectivity index is 1.71. The first-order valence-corrected chi connectivity index (χ1v) is 13.2. The molecule has 1 saturated carbocycles. The van der Waals surface area contributed by atoms with Crippen LogP contribution in [0.15, 0.2) is 42.9 Å². The number of aromatic nitrogens is 3. The van der Waals surface area contributed by atoms with Crippen LogP contribution in [-0.2, 0) is 17.5 Å². The molecule has 0 saturated heterocycles. The first-order chi connectivity index (χ1) is 19.8. The third kappa shape index (κ3) is 6.24. The van der Waals surface area contributed by atoms with Gasteiger partial charge < -0.3 is 10.0 Å². The summed E-state index contributed by atoms with van der Waals surface area (Å²) in [6, 6.07) is 5.62. The van der Waals surface area contributed by atoms with Gasteiger partial charge in [0, 0.05) is 18.9 Å². The van der Waals surface area contributed by atoms with Crippen molar-refractivity contribution in [2.45, 2.75) is 44.4 Å². The molecule has 1 aromatic carbocycles. The van der Waals surface area contributed by atoms with Gasteiger partial charge in [0.15, 0.2) is 16.9 Å². The van der Waals surface area contributed by atoms with Crippen LogP contribution in [0.2, 0.25) is 10.0 Å². The second kappa shape index (κ2) is 12.1. The lowest BCUT2D eigenvalue weighted by Crippen LogP contribution is -2.37. The van der Waals surface area contributed by atoms with Crippen LogP contribution in [0.5, 0.6) is 0 Å². The van der Waals surface area contributed by atoms with Gasteiger partial charge in [-0.2, -0.15) is 23.5 Å². The number of carboxylic acids is 1. The van der Waals surface area contributed by atoms with Crippen LogP contribution >= 0.6 is 23.2 Å². The second-order valence-corrected chi connectivity index (χ2v) is 10.6. The van der Waals surface area contributed by atoms with Crippen LogP contribution in [0, 0.1) is 22.6 Å². The number of hydrogen-bond donors (Lipinski definition) is 1. The topological polar surface area (TPSA) is 129 Å². The maximum atomic E-state index is 14.4. The van der Waals surface area contributed by atoms with Crippen molar-refractivity contribution in [1.82, 2.24) is 19.7 Å². The van der Waals surface area contributed by atoms with Crippen LogP contribution in [0.3, 0.4) is 0 Å². The van der Waals surface area contributed by atoms with Gasteiger partial charge in [-0.1, -0.05) is 35.3 Å². The Bertz CT molecular complexity index is 1540. The Morgan fingerprint density at radius 1 is 1.10 bits per heavy atom. The number of nitriles is 1. The molecule has 4 rings (SSSR count). The van der Waals surface area contributed by atoms with Crippen LogP contribution < -0.4 is 0 Å². The van der Waals surface area contributed by atoms with Gasteiger partial charge in [0.05, 0.1) is 46.0 Å². The zero-order valence-corrected chi connectivity index (χ0v) is 23.0. The number of rotatable bonds is 8. The maximum absolute atomic E-state index is 14.4. The highest BCUT2D eigenvalue weighted by Crippen LogP contribution is 2.43. The minimum Gasteiger partial charge on any atom is -0.480 e. The molecule has 15 heteroatoms. The highest BCUT2D eigenvalue weighted by molar-refractivity contribution is 6.39. The van der Waals surface area contributed by atoms with Gasteiger partial charge in [-0.15, -0.1) is 0 Å². The summed E-state index contributed by atoms with van der Waals surface area (Å²) in [6.07, 6.45) is -2.65. The van der Waals surface area contributed by atoms with E-state index in [2.05, 4.69) is 10.1 Å². The van der Waals surface area contributed by atoms with Crippen LogP contribution in [-0.4, -0.2) is 49.0 Å². The molecule has 0 bridgehead atoms. The van der Waals surface area contributed by atoms with Crippen molar-refractivity contribution in [3.05, 3.63) is 81.1 Å². The third-order valence-corrected chi connectivity index (χ3v) is 7.69. The van der Waals surface area contributed by atoms with E-state index in [0.29, 0.717) is 10.2 Å². The molecular weight excluding hydrogens is 605 g/mol. The number of carbonyl (C=O) groups is 3. The molecule has 2 heterocycles. The highest BCUT2D eigenvalue weighted by Gasteiger charge is 2.47. The van der Waals surface area contributed by atoms with E-state index >= 15 is 0 Å². The number of halogens is 6. The molecule has 1 aliphatic carbocycles. The lowest BCUT2D eigenvalue weighted by atomic mass is 9.73. The monoisotopic (exact) mass is 625 g/mol. The summed E-state index contributed by atoms with van der Waals surface area (Å²) in [5.41, 5.74) is -3.81. The number of amides is 1.